The van der Waals surface area contributed by atoms with Gasteiger partial charge in [0.15, 0.2) is 5.82 Å². The molecule has 0 aliphatic carbocycles. The van der Waals surface area contributed by atoms with E-state index in [1.165, 1.54) is 24.7 Å². The summed E-state index contributed by atoms with van der Waals surface area (Å²) in [7, 11) is 1.86. The first-order chi connectivity index (χ1) is 14.1. The molecule has 0 saturated carbocycles. The molecule has 0 atom stereocenters. The van der Waals surface area contributed by atoms with Gasteiger partial charge in [0.1, 0.15) is 11.5 Å². The molecule has 0 unspecified atom stereocenters. The molecule has 3 aromatic rings. The summed E-state index contributed by atoms with van der Waals surface area (Å²) in [6, 6.07) is 4.94. The Morgan fingerprint density at radius 2 is 2.07 bits per heavy atom. The molecule has 4 rings (SSSR count). The van der Waals surface area contributed by atoms with Crippen molar-refractivity contribution < 1.29 is 9.18 Å². The van der Waals surface area contributed by atoms with E-state index in [0.29, 0.717) is 11.1 Å². The van der Waals surface area contributed by atoms with Crippen LogP contribution in [-0.2, 0) is 7.05 Å². The van der Waals surface area contributed by atoms with Crippen molar-refractivity contribution in [3.8, 4) is 11.1 Å². The minimum atomic E-state index is -0.515. The van der Waals surface area contributed by atoms with Gasteiger partial charge in [0.25, 0.3) is 5.91 Å². The molecule has 0 bridgehead atoms. The Morgan fingerprint density at radius 1 is 1.17 bits per heavy atom. The number of nitrogens with zero attached hydrogens (tertiary/aromatic N) is 5. The Balaban J connectivity index is 1.67. The molecule has 29 heavy (non-hydrogen) atoms. The normalized spacial score (nSPS) is 14.5. The van der Waals surface area contributed by atoms with Gasteiger partial charge in [0, 0.05) is 50.2 Å². The largest absolute Gasteiger partial charge is 0.355 e. The molecule has 3 heterocycles. The molecule has 1 aromatic carbocycles. The number of hydrogen-bond donors (Lipinski definition) is 2. The Bertz CT molecular complexity index is 997. The summed E-state index contributed by atoms with van der Waals surface area (Å²) in [6.07, 6.45) is 6.89. The van der Waals surface area contributed by atoms with Crippen LogP contribution in [0.4, 0.5) is 15.9 Å². The van der Waals surface area contributed by atoms with Gasteiger partial charge < -0.3 is 15.5 Å². The predicted octanol–water partition coefficient (Wildman–Crippen LogP) is 2.07. The quantitative estimate of drug-likeness (QED) is 0.703. The van der Waals surface area contributed by atoms with Gasteiger partial charge in [-0.3, -0.25) is 14.5 Å². The standard InChI is InChI=1S/C20H22FN7O/c1-27-20(28-10-3-6-22-9-11-28)15(12-25-27)14-4-2-5-16(18(14)21)26-19(29)17-13-23-7-8-24-17/h2,4-5,7-8,12-13,22H,3,6,9-11H2,1H3,(H,26,29). The molecule has 1 saturated heterocycles. The second-order valence-corrected chi connectivity index (χ2v) is 6.81. The van der Waals surface area contributed by atoms with Crippen molar-refractivity contribution >= 4 is 17.4 Å². The van der Waals surface area contributed by atoms with Gasteiger partial charge in [-0.15, -0.1) is 0 Å². The van der Waals surface area contributed by atoms with Crippen molar-refractivity contribution in [2.45, 2.75) is 6.42 Å². The molecule has 2 aromatic heterocycles. The first-order valence-corrected chi connectivity index (χ1v) is 9.49. The lowest BCUT2D eigenvalue weighted by atomic mass is 10.1. The van der Waals surface area contributed by atoms with Gasteiger partial charge in [0.2, 0.25) is 0 Å². The third-order valence-electron chi connectivity index (χ3n) is 4.88. The summed E-state index contributed by atoms with van der Waals surface area (Å²) in [6.45, 7) is 3.50. The zero-order valence-corrected chi connectivity index (χ0v) is 16.1. The van der Waals surface area contributed by atoms with E-state index in [-0.39, 0.29) is 11.4 Å². The van der Waals surface area contributed by atoms with Gasteiger partial charge in [-0.05, 0) is 19.0 Å². The van der Waals surface area contributed by atoms with Crippen LogP contribution in [0.25, 0.3) is 11.1 Å². The second kappa shape index (κ2) is 8.36. The van der Waals surface area contributed by atoms with E-state index in [1.54, 1.807) is 23.0 Å². The van der Waals surface area contributed by atoms with Gasteiger partial charge >= 0.3 is 0 Å². The number of anilines is 2. The van der Waals surface area contributed by atoms with E-state index < -0.39 is 11.7 Å². The molecule has 150 valence electrons. The second-order valence-electron chi connectivity index (χ2n) is 6.81. The van der Waals surface area contributed by atoms with E-state index in [0.717, 1.165) is 38.4 Å². The number of carbonyl (C=O) groups excluding carboxylic acids is 1. The zero-order chi connectivity index (χ0) is 20.2. The molecule has 2 N–H and O–H groups in total. The number of aryl methyl sites for hydroxylation is 1. The number of aromatic nitrogens is 4. The van der Waals surface area contributed by atoms with Gasteiger partial charge in [-0.25, -0.2) is 9.37 Å². The van der Waals surface area contributed by atoms with E-state index in [4.69, 9.17) is 0 Å². The van der Waals surface area contributed by atoms with Crippen molar-refractivity contribution in [2.24, 2.45) is 7.05 Å². The number of carbonyl (C=O) groups is 1. The highest BCUT2D eigenvalue weighted by atomic mass is 19.1. The summed E-state index contributed by atoms with van der Waals surface area (Å²) in [5.41, 5.74) is 1.30. The number of rotatable bonds is 4. The third kappa shape index (κ3) is 3.95. The number of halogens is 1. The van der Waals surface area contributed by atoms with E-state index >= 15 is 4.39 Å². The minimum Gasteiger partial charge on any atom is -0.355 e. The lowest BCUT2D eigenvalue weighted by molar-refractivity contribution is 0.102. The summed E-state index contributed by atoms with van der Waals surface area (Å²) in [5.74, 6) is -0.156. The molecular weight excluding hydrogens is 373 g/mol. The fraction of sp³-hybridized carbons (Fsp3) is 0.300. The van der Waals surface area contributed by atoms with Crippen LogP contribution in [0.3, 0.4) is 0 Å². The summed E-state index contributed by atoms with van der Waals surface area (Å²) in [5, 5.41) is 10.3. The summed E-state index contributed by atoms with van der Waals surface area (Å²) < 4.78 is 17.1. The first-order valence-electron chi connectivity index (χ1n) is 9.49. The van der Waals surface area contributed by atoms with E-state index in [9.17, 15) is 4.79 Å². The topological polar surface area (TPSA) is 88.0 Å². The van der Waals surface area contributed by atoms with Crippen LogP contribution in [0, 0.1) is 5.82 Å². The van der Waals surface area contributed by atoms with Crippen molar-refractivity contribution in [3.63, 3.8) is 0 Å². The molecule has 9 heteroatoms. The fourth-order valence-electron chi connectivity index (χ4n) is 3.49. The first kappa shape index (κ1) is 19.0. The minimum absolute atomic E-state index is 0.0884. The van der Waals surface area contributed by atoms with Crippen LogP contribution in [0.5, 0.6) is 0 Å². The molecule has 1 fully saturated rings. The van der Waals surface area contributed by atoms with E-state index in [2.05, 4.69) is 30.6 Å². The molecule has 0 radical (unpaired) electrons. The zero-order valence-electron chi connectivity index (χ0n) is 16.1. The highest BCUT2D eigenvalue weighted by molar-refractivity contribution is 6.03. The predicted molar refractivity (Wildman–Crippen MR) is 108 cm³/mol. The lowest BCUT2D eigenvalue weighted by Crippen LogP contribution is -2.30. The molecule has 0 spiro atoms. The van der Waals surface area contributed by atoms with Crippen LogP contribution in [0.2, 0.25) is 0 Å². The molecule has 1 amide bonds. The number of nitrogens with one attached hydrogen (secondary N) is 2. The average Bonchev–Trinajstić information content (AvgIpc) is 2.94. The van der Waals surface area contributed by atoms with Crippen molar-refractivity contribution in [3.05, 3.63) is 54.5 Å². The third-order valence-corrected chi connectivity index (χ3v) is 4.88. The summed E-state index contributed by atoms with van der Waals surface area (Å²) >= 11 is 0. The van der Waals surface area contributed by atoms with Crippen LogP contribution in [0.1, 0.15) is 16.9 Å². The number of benzene rings is 1. The molecule has 1 aliphatic heterocycles. The highest BCUT2D eigenvalue weighted by Crippen LogP contribution is 2.35. The van der Waals surface area contributed by atoms with Crippen LogP contribution < -0.4 is 15.5 Å². The van der Waals surface area contributed by atoms with Crippen LogP contribution >= 0.6 is 0 Å². The number of hydrogen-bond acceptors (Lipinski definition) is 6. The Hall–Kier alpha value is -3.33. The summed E-state index contributed by atoms with van der Waals surface area (Å²) in [4.78, 5) is 22.4. The van der Waals surface area contributed by atoms with Crippen molar-refractivity contribution in [2.75, 3.05) is 36.4 Å². The Kier molecular flexibility index (Phi) is 5.48. The monoisotopic (exact) mass is 395 g/mol. The lowest BCUT2D eigenvalue weighted by Gasteiger charge is -2.24. The van der Waals surface area contributed by atoms with Gasteiger partial charge in [-0.2, -0.15) is 5.10 Å². The van der Waals surface area contributed by atoms with Crippen LogP contribution in [-0.4, -0.2) is 51.8 Å². The number of amides is 1. The molecular formula is C20H22FN7O. The van der Waals surface area contributed by atoms with Crippen molar-refractivity contribution in [1.29, 1.82) is 0 Å². The van der Waals surface area contributed by atoms with E-state index in [1.807, 2.05) is 7.05 Å². The van der Waals surface area contributed by atoms with Gasteiger partial charge in [-0.1, -0.05) is 12.1 Å². The van der Waals surface area contributed by atoms with Gasteiger partial charge in [0.05, 0.1) is 18.1 Å². The highest BCUT2D eigenvalue weighted by Gasteiger charge is 2.22. The SMILES string of the molecule is Cn1ncc(-c2cccc(NC(=O)c3cnccn3)c2F)c1N1CCCNCC1. The van der Waals surface area contributed by atoms with Crippen molar-refractivity contribution in [1.82, 2.24) is 25.1 Å². The Labute approximate surface area is 167 Å². The maximum atomic E-state index is 15.4. The maximum absolute atomic E-state index is 15.4. The molecule has 1 aliphatic rings. The average molecular weight is 395 g/mol. The molecule has 8 nitrogen and oxygen atoms in total. The smallest absolute Gasteiger partial charge is 0.275 e. The van der Waals surface area contributed by atoms with Crippen LogP contribution in [0.15, 0.2) is 43.0 Å². The fourth-order valence-corrected chi connectivity index (χ4v) is 3.49. The Morgan fingerprint density at radius 3 is 2.90 bits per heavy atom. The maximum Gasteiger partial charge on any atom is 0.275 e.